The van der Waals surface area contributed by atoms with E-state index in [1.54, 1.807) is 30.3 Å². The molecule has 1 aliphatic rings. The lowest BCUT2D eigenvalue weighted by molar-refractivity contribution is 0.0928. The van der Waals surface area contributed by atoms with E-state index in [0.29, 0.717) is 35.5 Å². The molecule has 0 spiro atoms. The zero-order valence-electron chi connectivity index (χ0n) is 19.6. The molecule has 8 nitrogen and oxygen atoms in total. The average Bonchev–Trinajstić information content (AvgIpc) is 3.51. The lowest BCUT2D eigenvalue weighted by atomic mass is 10.2. The van der Waals surface area contributed by atoms with Gasteiger partial charge in [0.2, 0.25) is 0 Å². The number of para-hydroxylation sites is 1. The Hall–Kier alpha value is -3.39. The lowest BCUT2D eigenvalue weighted by Gasteiger charge is -2.28. The van der Waals surface area contributed by atoms with Crippen molar-refractivity contribution >= 4 is 22.3 Å². The van der Waals surface area contributed by atoms with Gasteiger partial charge < -0.3 is 5.32 Å². The molecule has 5 rings (SSSR count). The fourth-order valence-electron chi connectivity index (χ4n) is 5.20. The highest BCUT2D eigenvalue weighted by Crippen LogP contribution is 2.26. The Morgan fingerprint density at radius 1 is 1.24 bits per heavy atom. The van der Waals surface area contributed by atoms with E-state index in [2.05, 4.69) is 29.2 Å². The number of aromatic nitrogens is 4. The van der Waals surface area contributed by atoms with Crippen molar-refractivity contribution in [3.05, 3.63) is 64.5 Å². The van der Waals surface area contributed by atoms with Crippen LogP contribution in [0, 0.1) is 6.92 Å². The second-order valence-electron chi connectivity index (χ2n) is 9.23. The predicted molar refractivity (Wildman–Crippen MR) is 129 cm³/mol. The topological polar surface area (TPSA) is 76.6 Å². The number of carbonyl (C=O) groups excluding carboxylic acids is 1. The first-order valence-electron chi connectivity index (χ1n) is 11.5. The van der Waals surface area contributed by atoms with Crippen LogP contribution in [0.3, 0.4) is 0 Å². The number of amides is 1. The molecule has 0 saturated carbocycles. The van der Waals surface area contributed by atoms with Gasteiger partial charge in [-0.15, -0.1) is 0 Å². The Labute approximate surface area is 192 Å². The monoisotopic (exact) mass is 446 g/mol. The summed E-state index contributed by atoms with van der Waals surface area (Å²) in [6, 6.07) is 8.61. The minimum atomic E-state index is -0.186. The number of likely N-dealkylation sites (tertiary alicyclic amines) is 1. The summed E-state index contributed by atoms with van der Waals surface area (Å²) in [6.45, 7) is 7.98. The summed E-state index contributed by atoms with van der Waals surface area (Å²) in [5.74, 6) is -0.186. The Kier molecular flexibility index (Phi) is 5.32. The average molecular weight is 447 g/mol. The van der Waals surface area contributed by atoms with Gasteiger partial charge in [-0.25, -0.2) is 0 Å². The quantitative estimate of drug-likeness (QED) is 0.512. The Balaban J connectivity index is 1.64. The number of hydrogen-bond acceptors (Lipinski definition) is 4. The van der Waals surface area contributed by atoms with E-state index >= 15 is 0 Å². The second-order valence-corrected chi connectivity index (χ2v) is 9.23. The predicted octanol–water partition coefficient (Wildman–Crippen LogP) is 2.89. The van der Waals surface area contributed by atoms with Gasteiger partial charge in [0.05, 0.1) is 17.4 Å². The highest BCUT2D eigenvalue weighted by Gasteiger charge is 2.28. The Bertz CT molecular complexity index is 1410. The van der Waals surface area contributed by atoms with Crippen molar-refractivity contribution in [1.29, 1.82) is 0 Å². The van der Waals surface area contributed by atoms with Gasteiger partial charge in [0.25, 0.3) is 11.5 Å². The van der Waals surface area contributed by atoms with Crippen molar-refractivity contribution < 1.29 is 4.79 Å². The third-order valence-corrected chi connectivity index (χ3v) is 6.83. The number of fused-ring (bicyclic) bond motifs is 3. The van der Waals surface area contributed by atoms with Crippen molar-refractivity contribution in [3.63, 3.8) is 0 Å². The molecule has 1 atom stereocenters. The molecule has 0 radical (unpaired) electrons. The van der Waals surface area contributed by atoms with Gasteiger partial charge >= 0.3 is 0 Å². The molecule has 1 aliphatic heterocycles. The zero-order chi connectivity index (χ0) is 23.3. The third-order valence-electron chi connectivity index (χ3n) is 6.83. The number of nitrogens with one attached hydrogen (secondary N) is 1. The summed E-state index contributed by atoms with van der Waals surface area (Å²) in [5.41, 5.74) is 3.13. The van der Waals surface area contributed by atoms with Crippen LogP contribution < -0.4 is 10.9 Å². The van der Waals surface area contributed by atoms with Gasteiger partial charge in [0, 0.05) is 43.5 Å². The van der Waals surface area contributed by atoms with E-state index in [1.165, 1.54) is 4.57 Å². The lowest BCUT2D eigenvalue weighted by Crippen LogP contribution is -2.43. The highest BCUT2D eigenvalue weighted by atomic mass is 16.2. The smallest absolute Gasteiger partial charge is 0.279 e. The summed E-state index contributed by atoms with van der Waals surface area (Å²) >= 11 is 0. The van der Waals surface area contributed by atoms with Crippen molar-refractivity contribution in [3.8, 4) is 5.69 Å². The molecular formula is C25H30N6O2. The van der Waals surface area contributed by atoms with Crippen molar-refractivity contribution in [1.82, 2.24) is 29.0 Å². The molecule has 4 aromatic rings. The molecule has 0 bridgehead atoms. The molecular weight excluding hydrogens is 416 g/mol. The molecule has 1 saturated heterocycles. The SMILES string of the molecule is Cc1c2ccccc2n2c(C(=O)NC[C@@H]3CCCN3C(C)C)cn(-c3cnn(C)c3)c(=O)c12. The molecule has 0 unspecified atom stereocenters. The van der Waals surface area contributed by atoms with Crippen molar-refractivity contribution in [2.24, 2.45) is 7.05 Å². The molecule has 1 aromatic carbocycles. The first kappa shape index (κ1) is 21.5. The van der Waals surface area contributed by atoms with Crippen LogP contribution in [0.1, 0.15) is 42.7 Å². The van der Waals surface area contributed by atoms with Gasteiger partial charge in [-0.2, -0.15) is 5.10 Å². The third kappa shape index (κ3) is 3.54. The fourth-order valence-corrected chi connectivity index (χ4v) is 5.20. The summed E-state index contributed by atoms with van der Waals surface area (Å²) in [6.07, 6.45) is 7.28. The Morgan fingerprint density at radius 2 is 2.03 bits per heavy atom. The van der Waals surface area contributed by atoms with Crippen LogP contribution in [0.15, 0.2) is 47.7 Å². The molecule has 3 aromatic heterocycles. The van der Waals surface area contributed by atoms with E-state index < -0.39 is 0 Å². The molecule has 33 heavy (non-hydrogen) atoms. The van der Waals surface area contributed by atoms with Gasteiger partial charge in [0.15, 0.2) is 0 Å². The van der Waals surface area contributed by atoms with E-state index in [0.717, 1.165) is 35.9 Å². The molecule has 1 fully saturated rings. The largest absolute Gasteiger partial charge is 0.349 e. The van der Waals surface area contributed by atoms with E-state index in [9.17, 15) is 9.59 Å². The summed E-state index contributed by atoms with van der Waals surface area (Å²) in [4.78, 5) is 29.6. The molecule has 8 heteroatoms. The van der Waals surface area contributed by atoms with Gasteiger partial charge in [-0.1, -0.05) is 18.2 Å². The normalized spacial score (nSPS) is 16.9. The first-order valence-corrected chi connectivity index (χ1v) is 11.5. The van der Waals surface area contributed by atoms with Crippen LogP contribution in [0.25, 0.3) is 22.1 Å². The van der Waals surface area contributed by atoms with E-state index in [4.69, 9.17) is 0 Å². The molecule has 1 N–H and O–H groups in total. The number of carbonyl (C=O) groups is 1. The summed E-state index contributed by atoms with van der Waals surface area (Å²) < 4.78 is 4.98. The first-order chi connectivity index (χ1) is 15.9. The van der Waals surface area contributed by atoms with Gasteiger partial charge in [-0.3, -0.25) is 28.1 Å². The maximum absolute atomic E-state index is 13.6. The highest BCUT2D eigenvalue weighted by molar-refractivity contribution is 5.99. The second kappa shape index (κ2) is 8.19. The van der Waals surface area contributed by atoms with Crippen LogP contribution in [-0.4, -0.2) is 54.7 Å². The minimum Gasteiger partial charge on any atom is -0.349 e. The number of benzene rings is 1. The number of nitrogens with zero attached hydrogens (tertiary/aromatic N) is 5. The molecule has 172 valence electrons. The number of rotatable bonds is 5. The Morgan fingerprint density at radius 3 is 2.76 bits per heavy atom. The fraction of sp³-hybridized carbons (Fsp3) is 0.400. The number of aryl methyl sites for hydroxylation is 2. The zero-order valence-corrected chi connectivity index (χ0v) is 19.6. The van der Waals surface area contributed by atoms with Crippen LogP contribution >= 0.6 is 0 Å². The van der Waals surface area contributed by atoms with Gasteiger partial charge in [-0.05, 0) is 51.8 Å². The van der Waals surface area contributed by atoms with Crippen LogP contribution in [-0.2, 0) is 7.05 Å². The van der Waals surface area contributed by atoms with E-state index in [-0.39, 0.29) is 11.5 Å². The van der Waals surface area contributed by atoms with Gasteiger partial charge in [0.1, 0.15) is 11.2 Å². The van der Waals surface area contributed by atoms with Crippen LogP contribution in [0.4, 0.5) is 0 Å². The van der Waals surface area contributed by atoms with Crippen molar-refractivity contribution in [2.45, 2.75) is 45.7 Å². The van der Waals surface area contributed by atoms with Crippen LogP contribution in [0.2, 0.25) is 0 Å². The molecule has 0 aliphatic carbocycles. The minimum absolute atomic E-state index is 0.171. The maximum atomic E-state index is 13.6. The van der Waals surface area contributed by atoms with E-state index in [1.807, 2.05) is 35.6 Å². The number of hydrogen-bond donors (Lipinski definition) is 1. The molecule has 4 heterocycles. The molecule has 1 amide bonds. The maximum Gasteiger partial charge on any atom is 0.279 e. The summed E-state index contributed by atoms with van der Waals surface area (Å²) in [5, 5.41) is 8.34. The summed E-state index contributed by atoms with van der Waals surface area (Å²) in [7, 11) is 1.81. The standard InChI is InChI=1S/C25H30N6O2/c1-16(2)29-11-7-8-18(29)12-26-24(32)22-15-30(19-13-27-28(4)14-19)25(33)23-17(3)20-9-5-6-10-21(20)31(22)23/h5-6,9-10,13-16,18H,7-8,11-12H2,1-4H3,(H,26,32)/t18-/m0/s1. The van der Waals surface area contributed by atoms with Crippen molar-refractivity contribution in [2.75, 3.05) is 13.1 Å². The van der Waals surface area contributed by atoms with Crippen LogP contribution in [0.5, 0.6) is 0 Å².